The van der Waals surface area contributed by atoms with E-state index in [9.17, 15) is 12.8 Å². The molecular formula is C13H17FO4S. The normalized spacial score (nSPS) is 11.0. The van der Waals surface area contributed by atoms with E-state index in [1.54, 1.807) is 13.8 Å². The molecule has 0 N–H and O–H groups in total. The molecule has 0 bridgehead atoms. The van der Waals surface area contributed by atoms with Crippen molar-refractivity contribution in [2.24, 2.45) is 0 Å². The summed E-state index contributed by atoms with van der Waals surface area (Å²) >= 11 is 0. The van der Waals surface area contributed by atoms with E-state index < -0.39 is 9.84 Å². The molecule has 1 aromatic carbocycles. The maximum absolute atomic E-state index is 13.3. The van der Waals surface area contributed by atoms with Crippen LogP contribution in [0, 0.1) is 0 Å². The summed E-state index contributed by atoms with van der Waals surface area (Å²) in [5.41, 5.74) is 0.534. The van der Waals surface area contributed by atoms with Crippen LogP contribution in [0.25, 0.3) is 0 Å². The van der Waals surface area contributed by atoms with Gasteiger partial charge in [-0.05, 0) is 31.6 Å². The fraction of sp³-hybridized carbons (Fsp3) is 0.385. The summed E-state index contributed by atoms with van der Waals surface area (Å²) in [6, 6.07) is 4.20. The molecule has 0 amide bonds. The minimum Gasteiger partial charge on any atom is -0.493 e. The van der Waals surface area contributed by atoms with Gasteiger partial charge in [-0.2, -0.15) is 0 Å². The predicted octanol–water partition coefficient (Wildman–Crippen LogP) is 2.74. The Morgan fingerprint density at radius 1 is 1.26 bits per heavy atom. The molecule has 0 aliphatic carbocycles. The van der Waals surface area contributed by atoms with Gasteiger partial charge in [0.2, 0.25) is 0 Å². The van der Waals surface area contributed by atoms with E-state index in [1.807, 2.05) is 0 Å². The molecule has 4 nitrogen and oxygen atoms in total. The number of methoxy groups -OCH3 is 1. The molecule has 1 rings (SSSR count). The van der Waals surface area contributed by atoms with Crippen LogP contribution in [-0.4, -0.2) is 28.4 Å². The molecule has 0 saturated heterocycles. The quantitative estimate of drug-likeness (QED) is 0.836. The van der Waals surface area contributed by atoms with E-state index in [1.165, 1.54) is 25.3 Å². The predicted molar refractivity (Wildman–Crippen MR) is 71.1 cm³/mol. The molecule has 0 aromatic heterocycles. The first-order valence-corrected chi connectivity index (χ1v) is 7.47. The van der Waals surface area contributed by atoms with E-state index >= 15 is 0 Å². The lowest BCUT2D eigenvalue weighted by Gasteiger charge is -2.11. The fourth-order valence-corrected chi connectivity index (χ4v) is 1.92. The lowest BCUT2D eigenvalue weighted by Crippen LogP contribution is -2.03. The van der Waals surface area contributed by atoms with E-state index in [4.69, 9.17) is 9.47 Å². The molecule has 0 aliphatic rings. The number of sulfone groups is 1. The first kappa shape index (κ1) is 15.5. The van der Waals surface area contributed by atoms with Gasteiger partial charge in [0.25, 0.3) is 0 Å². The van der Waals surface area contributed by atoms with Crippen molar-refractivity contribution >= 4 is 9.84 Å². The average molecular weight is 288 g/mol. The Hall–Kier alpha value is -1.56. The van der Waals surface area contributed by atoms with Crippen LogP contribution in [-0.2, 0) is 9.84 Å². The number of hydrogen-bond acceptors (Lipinski definition) is 4. The molecule has 0 unspecified atom stereocenters. The molecule has 0 radical (unpaired) electrons. The zero-order valence-corrected chi connectivity index (χ0v) is 12.2. The SMILES string of the molecule is COc1cc(S(C)(=O)=O)ccc1OCC(F)=C(C)C. The third-order valence-electron chi connectivity index (χ3n) is 2.46. The topological polar surface area (TPSA) is 52.6 Å². The smallest absolute Gasteiger partial charge is 0.175 e. The second-order valence-corrected chi connectivity index (χ2v) is 6.29. The van der Waals surface area contributed by atoms with Gasteiger partial charge in [-0.3, -0.25) is 0 Å². The molecule has 0 fully saturated rings. The number of benzene rings is 1. The minimum atomic E-state index is -3.32. The molecular weight excluding hydrogens is 271 g/mol. The largest absolute Gasteiger partial charge is 0.493 e. The number of ether oxygens (including phenoxy) is 2. The second kappa shape index (κ2) is 6.06. The summed E-state index contributed by atoms with van der Waals surface area (Å²) in [6.07, 6.45) is 1.10. The molecule has 1 aromatic rings. The van der Waals surface area contributed by atoms with Crippen molar-refractivity contribution in [3.05, 3.63) is 29.6 Å². The maximum Gasteiger partial charge on any atom is 0.175 e. The highest BCUT2D eigenvalue weighted by molar-refractivity contribution is 7.90. The highest BCUT2D eigenvalue weighted by atomic mass is 32.2. The van der Waals surface area contributed by atoms with Crippen LogP contribution in [0.1, 0.15) is 13.8 Å². The Morgan fingerprint density at radius 2 is 1.89 bits per heavy atom. The van der Waals surface area contributed by atoms with Crippen LogP contribution >= 0.6 is 0 Å². The van der Waals surface area contributed by atoms with Crippen molar-refractivity contribution in [1.29, 1.82) is 0 Å². The molecule has 0 saturated carbocycles. The molecule has 6 heteroatoms. The average Bonchev–Trinajstić information content (AvgIpc) is 2.34. The van der Waals surface area contributed by atoms with Crippen molar-refractivity contribution in [1.82, 2.24) is 0 Å². The number of rotatable bonds is 5. The van der Waals surface area contributed by atoms with E-state index in [-0.39, 0.29) is 23.1 Å². The third kappa shape index (κ3) is 4.24. The number of allylic oxidation sites excluding steroid dienone is 1. The van der Waals surface area contributed by atoms with Gasteiger partial charge in [0, 0.05) is 12.3 Å². The summed E-state index contributed by atoms with van der Waals surface area (Å²) in [7, 11) is -1.92. The molecule has 0 heterocycles. The Bertz CT molecular complexity index is 587. The van der Waals surface area contributed by atoms with E-state index in [2.05, 4.69) is 0 Å². The van der Waals surface area contributed by atoms with Crippen LogP contribution in [0.2, 0.25) is 0 Å². The van der Waals surface area contributed by atoms with Crippen LogP contribution in [0.3, 0.4) is 0 Å². The lowest BCUT2D eigenvalue weighted by molar-refractivity contribution is 0.294. The number of halogens is 1. The van der Waals surface area contributed by atoms with Gasteiger partial charge in [0.1, 0.15) is 12.4 Å². The zero-order chi connectivity index (χ0) is 14.6. The first-order chi connectivity index (χ1) is 8.75. The van der Waals surface area contributed by atoms with Gasteiger partial charge in [-0.15, -0.1) is 0 Å². The van der Waals surface area contributed by atoms with E-state index in [0.29, 0.717) is 11.3 Å². The summed E-state index contributed by atoms with van der Waals surface area (Å²) < 4.78 is 46.5. The molecule has 0 atom stereocenters. The first-order valence-electron chi connectivity index (χ1n) is 5.58. The molecule has 19 heavy (non-hydrogen) atoms. The number of hydrogen-bond donors (Lipinski definition) is 0. The van der Waals surface area contributed by atoms with Crippen molar-refractivity contribution in [2.45, 2.75) is 18.7 Å². The van der Waals surface area contributed by atoms with Crippen LogP contribution in [0.5, 0.6) is 11.5 Å². The van der Waals surface area contributed by atoms with Gasteiger partial charge in [-0.1, -0.05) is 0 Å². The van der Waals surface area contributed by atoms with Crippen molar-refractivity contribution in [3.8, 4) is 11.5 Å². The Kier molecular flexibility index (Phi) is 4.94. The van der Waals surface area contributed by atoms with Gasteiger partial charge < -0.3 is 9.47 Å². The Morgan fingerprint density at radius 3 is 2.37 bits per heavy atom. The molecule has 0 spiro atoms. The van der Waals surface area contributed by atoms with Crippen molar-refractivity contribution < 1.29 is 22.3 Å². The second-order valence-electron chi connectivity index (χ2n) is 4.28. The maximum atomic E-state index is 13.3. The van der Waals surface area contributed by atoms with Gasteiger partial charge >= 0.3 is 0 Å². The van der Waals surface area contributed by atoms with E-state index in [0.717, 1.165) is 6.26 Å². The van der Waals surface area contributed by atoms with Crippen molar-refractivity contribution in [3.63, 3.8) is 0 Å². The third-order valence-corrected chi connectivity index (χ3v) is 3.57. The summed E-state index contributed by atoms with van der Waals surface area (Å²) in [5, 5.41) is 0. The Labute approximate surface area is 112 Å². The highest BCUT2D eigenvalue weighted by Crippen LogP contribution is 2.30. The summed E-state index contributed by atoms with van der Waals surface area (Å²) in [5.74, 6) is 0.185. The van der Waals surface area contributed by atoms with Gasteiger partial charge in [0.05, 0.1) is 12.0 Å². The monoisotopic (exact) mass is 288 g/mol. The fourth-order valence-electron chi connectivity index (χ4n) is 1.28. The van der Waals surface area contributed by atoms with Crippen molar-refractivity contribution in [2.75, 3.05) is 20.0 Å². The van der Waals surface area contributed by atoms with Crippen LogP contribution < -0.4 is 9.47 Å². The van der Waals surface area contributed by atoms with Gasteiger partial charge in [-0.25, -0.2) is 12.8 Å². The van der Waals surface area contributed by atoms with Crippen LogP contribution in [0.15, 0.2) is 34.5 Å². The molecule has 106 valence electrons. The lowest BCUT2D eigenvalue weighted by atomic mass is 10.3. The Balaban J connectivity index is 3.01. The standard InChI is InChI=1S/C13H17FO4S/c1-9(2)11(14)8-18-12-6-5-10(19(4,15)16)7-13(12)17-3/h5-7H,8H2,1-4H3. The molecule has 0 aliphatic heterocycles. The zero-order valence-electron chi connectivity index (χ0n) is 11.4. The summed E-state index contributed by atoms with van der Waals surface area (Å²) in [4.78, 5) is 0.124. The van der Waals surface area contributed by atoms with Crippen LogP contribution in [0.4, 0.5) is 4.39 Å². The van der Waals surface area contributed by atoms with Gasteiger partial charge in [0.15, 0.2) is 21.3 Å². The highest BCUT2D eigenvalue weighted by Gasteiger charge is 2.13. The minimum absolute atomic E-state index is 0.124. The summed E-state index contributed by atoms with van der Waals surface area (Å²) in [6.45, 7) is 3.07.